The second kappa shape index (κ2) is 8.38. The van der Waals surface area contributed by atoms with Gasteiger partial charge < -0.3 is 14.4 Å². The Balaban J connectivity index is 1.28. The van der Waals surface area contributed by atoms with Gasteiger partial charge in [-0.25, -0.2) is 0 Å². The molecule has 1 N–H and O–H groups in total. The van der Waals surface area contributed by atoms with Crippen molar-refractivity contribution in [3.8, 4) is 11.5 Å². The number of aromatic nitrogens is 4. The molecule has 152 valence electrons. The monoisotopic (exact) mass is 395 g/mol. The van der Waals surface area contributed by atoms with Gasteiger partial charge in [0.1, 0.15) is 11.5 Å². The number of benzene rings is 1. The fraction of sp³-hybridized carbons (Fsp3) is 0.381. The van der Waals surface area contributed by atoms with E-state index in [1.54, 1.807) is 24.2 Å². The van der Waals surface area contributed by atoms with E-state index in [0.717, 1.165) is 42.3 Å². The number of H-pyrrole nitrogens is 1. The highest BCUT2D eigenvalue weighted by molar-refractivity contribution is 5.94. The highest BCUT2D eigenvalue weighted by Crippen LogP contribution is 2.27. The molecule has 3 aromatic rings. The first-order chi connectivity index (χ1) is 14.1. The first-order valence-corrected chi connectivity index (χ1v) is 9.71. The van der Waals surface area contributed by atoms with Crippen molar-refractivity contribution < 1.29 is 14.3 Å². The molecule has 0 bridgehead atoms. The van der Waals surface area contributed by atoms with Crippen LogP contribution in [0.4, 0.5) is 0 Å². The summed E-state index contributed by atoms with van der Waals surface area (Å²) in [7, 11) is 3.46. The van der Waals surface area contributed by atoms with E-state index in [1.807, 2.05) is 36.2 Å². The van der Waals surface area contributed by atoms with E-state index in [4.69, 9.17) is 9.47 Å². The standard InChI is InChI=1S/C21H25N5O3/c1-25-13-16(12-22-25)21(27)26-9-7-15(14-26)20-11-17(23-24-20)8-10-29-19-5-3-18(28-2)4-6-19/h3-6,11-13,15H,7-10,14H2,1-2H3,(H,23,24). The van der Waals surface area contributed by atoms with Gasteiger partial charge in [-0.1, -0.05) is 0 Å². The minimum Gasteiger partial charge on any atom is -0.497 e. The molecule has 1 saturated heterocycles. The maximum Gasteiger partial charge on any atom is 0.257 e. The fourth-order valence-corrected chi connectivity index (χ4v) is 3.57. The summed E-state index contributed by atoms with van der Waals surface area (Å²) in [6.45, 7) is 1.98. The van der Waals surface area contributed by atoms with Crippen molar-refractivity contribution in [1.82, 2.24) is 24.9 Å². The van der Waals surface area contributed by atoms with E-state index >= 15 is 0 Å². The first-order valence-electron chi connectivity index (χ1n) is 9.71. The van der Waals surface area contributed by atoms with Gasteiger partial charge in [-0.2, -0.15) is 10.2 Å². The van der Waals surface area contributed by atoms with Crippen LogP contribution in [-0.2, 0) is 13.5 Å². The number of hydrogen-bond acceptors (Lipinski definition) is 5. The van der Waals surface area contributed by atoms with Gasteiger partial charge in [0, 0.05) is 44.4 Å². The maximum absolute atomic E-state index is 12.6. The van der Waals surface area contributed by atoms with Gasteiger partial charge >= 0.3 is 0 Å². The lowest BCUT2D eigenvalue weighted by Crippen LogP contribution is -2.28. The summed E-state index contributed by atoms with van der Waals surface area (Å²) in [5.74, 6) is 1.90. The highest BCUT2D eigenvalue weighted by atomic mass is 16.5. The molecule has 0 spiro atoms. The number of aryl methyl sites for hydroxylation is 1. The van der Waals surface area contributed by atoms with Crippen LogP contribution >= 0.6 is 0 Å². The quantitative estimate of drug-likeness (QED) is 0.664. The summed E-state index contributed by atoms with van der Waals surface area (Å²) in [6.07, 6.45) is 5.03. The van der Waals surface area contributed by atoms with Gasteiger partial charge in [0.15, 0.2) is 0 Å². The summed E-state index contributed by atoms with van der Waals surface area (Å²) in [5.41, 5.74) is 2.67. The molecule has 3 heterocycles. The number of carbonyl (C=O) groups is 1. The van der Waals surface area contributed by atoms with Crippen molar-refractivity contribution in [3.05, 3.63) is 59.7 Å². The van der Waals surface area contributed by atoms with Crippen LogP contribution in [0.5, 0.6) is 11.5 Å². The average molecular weight is 395 g/mol. The largest absolute Gasteiger partial charge is 0.497 e. The third kappa shape index (κ3) is 4.42. The van der Waals surface area contributed by atoms with E-state index in [9.17, 15) is 4.79 Å². The molecular formula is C21H25N5O3. The molecule has 1 atom stereocenters. The molecule has 1 aliphatic heterocycles. The number of ether oxygens (including phenoxy) is 2. The van der Waals surface area contributed by atoms with E-state index in [1.165, 1.54) is 0 Å². The molecule has 0 saturated carbocycles. The lowest BCUT2D eigenvalue weighted by atomic mass is 10.0. The number of amides is 1. The second-order valence-corrected chi connectivity index (χ2v) is 7.23. The Morgan fingerprint density at radius 1 is 1.28 bits per heavy atom. The number of methoxy groups -OCH3 is 1. The van der Waals surface area contributed by atoms with E-state index < -0.39 is 0 Å². The number of hydrogen-bond donors (Lipinski definition) is 1. The van der Waals surface area contributed by atoms with Gasteiger partial charge in [-0.3, -0.25) is 14.6 Å². The summed E-state index contributed by atoms with van der Waals surface area (Å²) in [4.78, 5) is 14.5. The first kappa shape index (κ1) is 19.0. The normalized spacial score (nSPS) is 16.2. The highest BCUT2D eigenvalue weighted by Gasteiger charge is 2.29. The number of nitrogens with zero attached hydrogens (tertiary/aromatic N) is 4. The van der Waals surface area contributed by atoms with Crippen molar-refractivity contribution in [2.24, 2.45) is 7.05 Å². The Morgan fingerprint density at radius 2 is 2.07 bits per heavy atom. The van der Waals surface area contributed by atoms with E-state index in [2.05, 4.69) is 21.4 Å². The lowest BCUT2D eigenvalue weighted by Gasteiger charge is -2.14. The summed E-state index contributed by atoms with van der Waals surface area (Å²) < 4.78 is 12.6. The topological polar surface area (TPSA) is 85.3 Å². The lowest BCUT2D eigenvalue weighted by molar-refractivity contribution is 0.0790. The predicted molar refractivity (Wildman–Crippen MR) is 107 cm³/mol. The number of rotatable bonds is 7. The number of nitrogens with one attached hydrogen (secondary N) is 1. The fourth-order valence-electron chi connectivity index (χ4n) is 3.57. The molecule has 0 aliphatic carbocycles. The van der Waals surface area contributed by atoms with Crippen LogP contribution in [0.2, 0.25) is 0 Å². The molecule has 29 heavy (non-hydrogen) atoms. The van der Waals surface area contributed by atoms with Crippen LogP contribution in [0.25, 0.3) is 0 Å². The van der Waals surface area contributed by atoms with Crippen molar-refractivity contribution in [1.29, 1.82) is 0 Å². The van der Waals surface area contributed by atoms with Gasteiger partial charge in [0.25, 0.3) is 5.91 Å². The molecule has 1 unspecified atom stereocenters. The van der Waals surface area contributed by atoms with Crippen molar-refractivity contribution >= 4 is 5.91 Å². The molecule has 8 heteroatoms. The van der Waals surface area contributed by atoms with Gasteiger partial charge in [0.05, 0.1) is 31.2 Å². The molecule has 4 rings (SSSR count). The van der Waals surface area contributed by atoms with Gasteiger partial charge in [0.2, 0.25) is 0 Å². The Kier molecular flexibility index (Phi) is 5.50. The Hall–Kier alpha value is -3.29. The smallest absolute Gasteiger partial charge is 0.257 e. The van der Waals surface area contributed by atoms with Crippen LogP contribution in [0.15, 0.2) is 42.7 Å². The van der Waals surface area contributed by atoms with Crippen LogP contribution in [-0.4, -0.2) is 57.6 Å². The molecule has 0 radical (unpaired) electrons. The zero-order valence-corrected chi connectivity index (χ0v) is 16.7. The third-order valence-corrected chi connectivity index (χ3v) is 5.20. The zero-order valence-electron chi connectivity index (χ0n) is 16.7. The Morgan fingerprint density at radius 3 is 2.79 bits per heavy atom. The Labute approximate surface area is 169 Å². The average Bonchev–Trinajstić information content (AvgIpc) is 3.48. The zero-order chi connectivity index (χ0) is 20.2. The van der Waals surface area contributed by atoms with Crippen LogP contribution in [0, 0.1) is 0 Å². The number of aromatic amines is 1. The summed E-state index contributed by atoms with van der Waals surface area (Å²) >= 11 is 0. The number of carbonyl (C=O) groups excluding carboxylic acids is 1. The SMILES string of the molecule is COc1ccc(OCCc2cc(C3CCN(C(=O)c4cnn(C)c4)C3)n[nH]2)cc1. The molecule has 2 aromatic heterocycles. The minimum absolute atomic E-state index is 0.0317. The van der Waals surface area contributed by atoms with Gasteiger partial charge in [-0.15, -0.1) is 0 Å². The summed E-state index contributed by atoms with van der Waals surface area (Å²) in [6, 6.07) is 9.62. The molecular weight excluding hydrogens is 370 g/mol. The molecule has 1 aliphatic rings. The van der Waals surface area contributed by atoms with Gasteiger partial charge in [-0.05, 0) is 36.8 Å². The number of likely N-dealkylation sites (tertiary alicyclic amines) is 1. The summed E-state index contributed by atoms with van der Waals surface area (Å²) in [5, 5.41) is 11.6. The van der Waals surface area contributed by atoms with Crippen molar-refractivity contribution in [2.45, 2.75) is 18.8 Å². The molecule has 1 fully saturated rings. The van der Waals surface area contributed by atoms with E-state index in [-0.39, 0.29) is 11.8 Å². The Bertz CT molecular complexity index is 963. The maximum atomic E-state index is 12.6. The second-order valence-electron chi connectivity index (χ2n) is 7.23. The van der Waals surface area contributed by atoms with E-state index in [0.29, 0.717) is 18.7 Å². The van der Waals surface area contributed by atoms with Crippen LogP contribution < -0.4 is 9.47 Å². The van der Waals surface area contributed by atoms with Crippen molar-refractivity contribution in [2.75, 3.05) is 26.8 Å². The van der Waals surface area contributed by atoms with Crippen LogP contribution in [0.1, 0.15) is 34.1 Å². The van der Waals surface area contributed by atoms with Crippen molar-refractivity contribution in [3.63, 3.8) is 0 Å². The third-order valence-electron chi connectivity index (χ3n) is 5.20. The molecule has 1 amide bonds. The molecule has 1 aromatic carbocycles. The van der Waals surface area contributed by atoms with Crippen LogP contribution in [0.3, 0.4) is 0 Å². The minimum atomic E-state index is 0.0317. The molecule has 8 nitrogen and oxygen atoms in total. The predicted octanol–water partition coefficient (Wildman–Crippen LogP) is 2.40.